The number of hydrogen-bond acceptors (Lipinski definition) is 2. The first-order valence-electron chi connectivity index (χ1n) is 8.11. The molecule has 0 aromatic heterocycles. The predicted molar refractivity (Wildman–Crippen MR) is 85.5 cm³/mol. The monoisotopic (exact) mass is 289 g/mol. The highest BCUT2D eigenvalue weighted by atomic mass is 16.3. The van der Waals surface area contributed by atoms with E-state index in [4.69, 9.17) is 0 Å². The summed E-state index contributed by atoms with van der Waals surface area (Å²) < 4.78 is 0. The highest BCUT2D eigenvalue weighted by molar-refractivity contribution is 5.94. The van der Waals surface area contributed by atoms with E-state index in [1.54, 1.807) is 0 Å². The Labute approximate surface area is 127 Å². The molecule has 0 radical (unpaired) electrons. The summed E-state index contributed by atoms with van der Waals surface area (Å²) in [6.07, 6.45) is 6.06. The molecule has 1 aliphatic carbocycles. The Hall–Kier alpha value is -1.35. The Morgan fingerprint density at radius 1 is 1.14 bits per heavy atom. The molecule has 0 heterocycles. The molecule has 2 rings (SSSR count). The molecule has 21 heavy (non-hydrogen) atoms. The Morgan fingerprint density at radius 2 is 1.71 bits per heavy atom. The summed E-state index contributed by atoms with van der Waals surface area (Å²) in [4.78, 5) is 12.2. The van der Waals surface area contributed by atoms with Gasteiger partial charge in [-0.3, -0.25) is 4.79 Å². The van der Waals surface area contributed by atoms with Crippen molar-refractivity contribution >= 4 is 5.91 Å². The average molecular weight is 289 g/mol. The molecule has 116 valence electrons. The third-order valence-corrected chi connectivity index (χ3v) is 4.45. The zero-order valence-corrected chi connectivity index (χ0v) is 13.2. The minimum Gasteiger partial charge on any atom is -0.388 e. The molecule has 0 aliphatic heterocycles. The number of nitrogens with one attached hydrogen (secondary N) is 1. The van der Waals surface area contributed by atoms with Crippen molar-refractivity contribution in [3.63, 3.8) is 0 Å². The fourth-order valence-corrected chi connectivity index (χ4v) is 2.93. The first kappa shape index (κ1) is 16.0. The van der Waals surface area contributed by atoms with Crippen molar-refractivity contribution in [3.05, 3.63) is 35.4 Å². The van der Waals surface area contributed by atoms with Crippen molar-refractivity contribution in [2.75, 3.05) is 6.54 Å². The third kappa shape index (κ3) is 4.57. The standard InChI is InChI=1S/C18H27NO2/c1-14(2)15-7-9-16(10-8-15)17(20)19-13-18(21)11-5-3-4-6-12-18/h7-10,14,21H,3-6,11-13H2,1-2H3,(H,19,20). The van der Waals surface area contributed by atoms with Crippen LogP contribution in [0.2, 0.25) is 0 Å². The summed E-state index contributed by atoms with van der Waals surface area (Å²) in [6, 6.07) is 7.73. The fourth-order valence-electron chi connectivity index (χ4n) is 2.93. The lowest BCUT2D eigenvalue weighted by atomic mass is 9.94. The second-order valence-electron chi connectivity index (χ2n) is 6.60. The van der Waals surface area contributed by atoms with Crippen molar-refractivity contribution in [2.24, 2.45) is 0 Å². The van der Waals surface area contributed by atoms with E-state index in [2.05, 4.69) is 19.2 Å². The van der Waals surface area contributed by atoms with Gasteiger partial charge in [0.25, 0.3) is 5.91 Å². The summed E-state index contributed by atoms with van der Waals surface area (Å²) in [7, 11) is 0. The average Bonchev–Trinajstić information content (AvgIpc) is 2.70. The van der Waals surface area contributed by atoms with E-state index >= 15 is 0 Å². The van der Waals surface area contributed by atoms with Crippen LogP contribution in [0.1, 0.15) is 74.2 Å². The molecule has 0 atom stereocenters. The van der Waals surface area contributed by atoms with Crippen LogP contribution in [0.5, 0.6) is 0 Å². The number of aliphatic hydroxyl groups is 1. The first-order valence-corrected chi connectivity index (χ1v) is 8.11. The summed E-state index contributed by atoms with van der Waals surface area (Å²) in [5.41, 5.74) is 1.18. The van der Waals surface area contributed by atoms with Gasteiger partial charge < -0.3 is 10.4 Å². The van der Waals surface area contributed by atoms with Gasteiger partial charge in [-0.25, -0.2) is 0 Å². The Bertz CT molecular complexity index is 457. The van der Waals surface area contributed by atoms with E-state index in [-0.39, 0.29) is 5.91 Å². The SMILES string of the molecule is CC(C)c1ccc(C(=O)NCC2(O)CCCCCC2)cc1. The van der Waals surface area contributed by atoms with Gasteiger partial charge in [-0.2, -0.15) is 0 Å². The molecule has 1 fully saturated rings. The molecule has 1 amide bonds. The van der Waals surface area contributed by atoms with Crippen LogP contribution in [0.25, 0.3) is 0 Å². The maximum atomic E-state index is 12.2. The number of rotatable bonds is 4. The number of amides is 1. The lowest BCUT2D eigenvalue weighted by molar-refractivity contribution is 0.0246. The molecule has 2 N–H and O–H groups in total. The molecular weight excluding hydrogens is 262 g/mol. The molecule has 1 aromatic carbocycles. The van der Waals surface area contributed by atoms with Gasteiger partial charge in [0.15, 0.2) is 0 Å². The van der Waals surface area contributed by atoms with E-state index in [9.17, 15) is 9.90 Å². The van der Waals surface area contributed by atoms with Gasteiger partial charge in [0.2, 0.25) is 0 Å². The molecule has 0 saturated heterocycles. The number of benzene rings is 1. The van der Waals surface area contributed by atoms with Crippen LogP contribution in [0.4, 0.5) is 0 Å². The Kier molecular flexibility index (Phi) is 5.40. The van der Waals surface area contributed by atoms with Crippen LogP contribution in [0.3, 0.4) is 0 Å². The lowest BCUT2D eigenvalue weighted by Crippen LogP contribution is -2.42. The van der Waals surface area contributed by atoms with Crippen molar-refractivity contribution in [2.45, 2.75) is 63.9 Å². The Balaban J connectivity index is 1.91. The normalized spacial score (nSPS) is 18.3. The van der Waals surface area contributed by atoms with E-state index in [1.807, 2.05) is 24.3 Å². The van der Waals surface area contributed by atoms with E-state index in [0.717, 1.165) is 25.7 Å². The zero-order valence-electron chi connectivity index (χ0n) is 13.2. The van der Waals surface area contributed by atoms with Gasteiger partial charge in [0.1, 0.15) is 0 Å². The minimum absolute atomic E-state index is 0.0945. The number of carbonyl (C=O) groups is 1. The van der Waals surface area contributed by atoms with Crippen molar-refractivity contribution in [1.82, 2.24) is 5.32 Å². The molecule has 1 aromatic rings. The van der Waals surface area contributed by atoms with Gasteiger partial charge in [-0.05, 0) is 36.5 Å². The summed E-state index contributed by atoms with van der Waals surface area (Å²) in [6.45, 7) is 4.63. The first-order chi connectivity index (χ1) is 10.0. The molecule has 3 nitrogen and oxygen atoms in total. The predicted octanol–water partition coefficient (Wildman–Crippen LogP) is 3.63. The van der Waals surface area contributed by atoms with Crippen LogP contribution in [0.15, 0.2) is 24.3 Å². The van der Waals surface area contributed by atoms with E-state index < -0.39 is 5.60 Å². The van der Waals surface area contributed by atoms with Crippen LogP contribution in [-0.4, -0.2) is 23.2 Å². The van der Waals surface area contributed by atoms with Crippen LogP contribution >= 0.6 is 0 Å². The molecule has 0 spiro atoms. The van der Waals surface area contributed by atoms with Crippen LogP contribution < -0.4 is 5.32 Å². The van der Waals surface area contributed by atoms with Crippen LogP contribution in [-0.2, 0) is 0 Å². The largest absolute Gasteiger partial charge is 0.388 e. The van der Waals surface area contributed by atoms with Gasteiger partial charge in [-0.1, -0.05) is 51.7 Å². The van der Waals surface area contributed by atoms with Crippen molar-refractivity contribution < 1.29 is 9.90 Å². The number of carbonyl (C=O) groups excluding carboxylic acids is 1. The molecule has 1 saturated carbocycles. The summed E-state index contributed by atoms with van der Waals surface area (Å²) >= 11 is 0. The van der Waals surface area contributed by atoms with Gasteiger partial charge in [0, 0.05) is 12.1 Å². The smallest absolute Gasteiger partial charge is 0.251 e. The van der Waals surface area contributed by atoms with Gasteiger partial charge >= 0.3 is 0 Å². The molecule has 0 unspecified atom stereocenters. The quantitative estimate of drug-likeness (QED) is 0.832. The maximum absolute atomic E-state index is 12.2. The molecule has 1 aliphatic rings. The lowest BCUT2D eigenvalue weighted by Gasteiger charge is -2.26. The van der Waals surface area contributed by atoms with Gasteiger partial charge in [-0.15, -0.1) is 0 Å². The highest BCUT2D eigenvalue weighted by Gasteiger charge is 2.28. The molecule has 0 bridgehead atoms. The fraction of sp³-hybridized carbons (Fsp3) is 0.611. The second-order valence-corrected chi connectivity index (χ2v) is 6.60. The second kappa shape index (κ2) is 7.08. The van der Waals surface area contributed by atoms with E-state index in [1.165, 1.54) is 18.4 Å². The maximum Gasteiger partial charge on any atom is 0.251 e. The number of hydrogen-bond donors (Lipinski definition) is 2. The minimum atomic E-state index is -0.718. The Morgan fingerprint density at radius 3 is 2.24 bits per heavy atom. The third-order valence-electron chi connectivity index (χ3n) is 4.45. The summed E-state index contributed by atoms with van der Waals surface area (Å²) in [5, 5.41) is 13.4. The van der Waals surface area contributed by atoms with Gasteiger partial charge in [0.05, 0.1) is 5.60 Å². The molecule has 3 heteroatoms. The summed E-state index contributed by atoms with van der Waals surface area (Å²) in [5.74, 6) is 0.372. The topological polar surface area (TPSA) is 49.3 Å². The zero-order chi connectivity index (χ0) is 15.3. The van der Waals surface area contributed by atoms with E-state index in [0.29, 0.717) is 18.0 Å². The molecular formula is C18H27NO2. The van der Waals surface area contributed by atoms with Crippen molar-refractivity contribution in [3.8, 4) is 0 Å². The van der Waals surface area contributed by atoms with Crippen LogP contribution in [0, 0.1) is 0 Å². The van der Waals surface area contributed by atoms with Crippen molar-refractivity contribution in [1.29, 1.82) is 0 Å². The highest BCUT2D eigenvalue weighted by Crippen LogP contribution is 2.26.